The van der Waals surface area contributed by atoms with Crippen LogP contribution in [0.2, 0.25) is 0 Å². The average molecular weight is 634 g/mol. The summed E-state index contributed by atoms with van der Waals surface area (Å²) in [6, 6.07) is 0.708. The standard InChI is InChI=1S/C20H35N5O12S3/c1-3-23(18(27)8-5-12-37-25(30)31)16-14-22(9-6-10-35-2)40(33,34)20-15(16)13-19(38-20)39(32)21-17(26)7-4-11-36-24(28)29/h13,16,28-31H,3-12,14H2,1-2H3,(H,21,26)/t16-,39?/m0/s1. The Bertz CT molecular complexity index is 1060. The quantitative estimate of drug-likeness (QED) is 0.0838. The van der Waals surface area contributed by atoms with Gasteiger partial charge in [0, 0.05) is 57.8 Å². The summed E-state index contributed by atoms with van der Waals surface area (Å²) in [7, 11) is -2.50. The van der Waals surface area contributed by atoms with Crippen LogP contribution in [0.1, 0.15) is 50.6 Å². The lowest BCUT2D eigenvalue weighted by Crippen LogP contribution is -2.47. The highest BCUT2D eigenvalue weighted by atomic mass is 32.3. The van der Waals surface area contributed by atoms with Gasteiger partial charge < -0.3 is 14.2 Å². The number of nitrogens with zero attached hydrogens (tertiary/aromatic N) is 4. The fraction of sp³-hybridized carbons (Fsp3) is 0.700. The molecule has 0 radical (unpaired) electrons. The van der Waals surface area contributed by atoms with E-state index in [2.05, 4.69) is 14.4 Å². The molecule has 0 aliphatic carbocycles. The van der Waals surface area contributed by atoms with E-state index in [1.807, 2.05) is 0 Å². The monoisotopic (exact) mass is 633 g/mol. The SMILES string of the molecule is CCN(C(=O)CCCON(O)O)[C@H]1CN(CCCOC)S(=O)(=O)c2sc([S+]([O-])NC(=O)CCCON(O)O)cc21. The van der Waals surface area contributed by atoms with Gasteiger partial charge in [0.2, 0.25) is 10.1 Å². The number of methoxy groups -OCH3 is 1. The summed E-state index contributed by atoms with van der Waals surface area (Å²) in [5, 5.41) is 33.4. The number of amides is 2. The van der Waals surface area contributed by atoms with Crippen LogP contribution in [0.25, 0.3) is 0 Å². The van der Waals surface area contributed by atoms with Crippen molar-refractivity contribution in [2.75, 3.05) is 46.6 Å². The van der Waals surface area contributed by atoms with Crippen LogP contribution in [0.15, 0.2) is 14.5 Å². The van der Waals surface area contributed by atoms with E-state index in [-0.39, 0.29) is 78.4 Å². The van der Waals surface area contributed by atoms with Gasteiger partial charge in [0.1, 0.15) is 15.6 Å². The van der Waals surface area contributed by atoms with Crippen molar-refractivity contribution >= 4 is 44.5 Å². The molecular weight excluding hydrogens is 598 g/mol. The number of carbonyl (C=O) groups excluding carboxylic acids is 2. The molecule has 0 fully saturated rings. The van der Waals surface area contributed by atoms with Crippen molar-refractivity contribution in [3.63, 3.8) is 0 Å². The first-order chi connectivity index (χ1) is 18.9. The summed E-state index contributed by atoms with van der Waals surface area (Å²) < 4.78 is 48.4. The molecule has 2 heterocycles. The number of hydrogen-bond acceptors (Lipinski definition) is 15. The number of sulfonamides is 1. The van der Waals surface area contributed by atoms with E-state index in [0.29, 0.717) is 13.0 Å². The second-order valence-electron chi connectivity index (χ2n) is 8.39. The van der Waals surface area contributed by atoms with Crippen molar-refractivity contribution in [2.24, 2.45) is 0 Å². The van der Waals surface area contributed by atoms with Crippen molar-refractivity contribution in [2.45, 2.75) is 53.5 Å². The summed E-state index contributed by atoms with van der Waals surface area (Å²) in [6.07, 6.45) is 0.485. The van der Waals surface area contributed by atoms with Gasteiger partial charge in [-0.1, -0.05) is 11.3 Å². The van der Waals surface area contributed by atoms with E-state index in [1.54, 1.807) is 6.92 Å². The molecule has 0 bridgehead atoms. The predicted molar refractivity (Wildman–Crippen MR) is 135 cm³/mol. The summed E-state index contributed by atoms with van der Waals surface area (Å²) >= 11 is -1.36. The lowest BCUT2D eigenvalue weighted by Gasteiger charge is -2.38. The first kappa shape index (κ1) is 34.7. The third-order valence-electron chi connectivity index (χ3n) is 5.69. The predicted octanol–water partition coefficient (Wildman–Crippen LogP) is 0.402. The summed E-state index contributed by atoms with van der Waals surface area (Å²) in [6.45, 7) is 2.03. The summed E-state index contributed by atoms with van der Waals surface area (Å²) in [5.74, 6) is -0.956. The van der Waals surface area contributed by atoms with Gasteiger partial charge in [-0.15, -0.1) is 0 Å². The molecule has 0 saturated carbocycles. The molecule has 2 rings (SSSR count). The normalized spacial score (nSPS) is 17.7. The second kappa shape index (κ2) is 16.8. The minimum atomic E-state index is -4.00. The highest BCUT2D eigenvalue weighted by Crippen LogP contribution is 2.42. The minimum absolute atomic E-state index is 0.0169. The highest BCUT2D eigenvalue weighted by molar-refractivity contribution is 7.94. The van der Waals surface area contributed by atoms with E-state index in [1.165, 1.54) is 22.4 Å². The van der Waals surface area contributed by atoms with E-state index >= 15 is 0 Å². The van der Waals surface area contributed by atoms with Gasteiger partial charge in [-0.05, 0) is 26.2 Å². The molecule has 2 atom stereocenters. The average Bonchev–Trinajstić information content (AvgIpc) is 3.34. The number of likely N-dealkylation sites (N-methyl/N-ethyl adjacent to an activating group) is 1. The van der Waals surface area contributed by atoms with Crippen LogP contribution in [0, 0.1) is 0 Å². The molecule has 2 amide bonds. The Morgan fingerprint density at radius 2 is 1.75 bits per heavy atom. The Kier molecular flexibility index (Phi) is 14.6. The summed E-state index contributed by atoms with van der Waals surface area (Å²) in [4.78, 5) is 35.6. The zero-order valence-corrected chi connectivity index (χ0v) is 24.5. The Labute approximate surface area is 238 Å². The van der Waals surface area contributed by atoms with Crippen molar-refractivity contribution in [3.05, 3.63) is 11.6 Å². The lowest BCUT2D eigenvalue weighted by molar-refractivity contribution is -0.492. The molecule has 17 nitrogen and oxygen atoms in total. The van der Waals surface area contributed by atoms with Crippen LogP contribution in [0.3, 0.4) is 0 Å². The topological polar surface area (TPSA) is 225 Å². The zero-order chi connectivity index (χ0) is 29.9. The van der Waals surface area contributed by atoms with Gasteiger partial charge in [0.05, 0.1) is 30.0 Å². The van der Waals surface area contributed by atoms with Gasteiger partial charge in [-0.25, -0.2) is 8.42 Å². The number of thiophene rings is 1. The van der Waals surface area contributed by atoms with Crippen LogP contribution in [0.4, 0.5) is 0 Å². The van der Waals surface area contributed by atoms with Crippen LogP contribution < -0.4 is 4.72 Å². The maximum atomic E-state index is 13.5. The number of carbonyl (C=O) groups is 2. The molecule has 1 aliphatic rings. The fourth-order valence-corrected chi connectivity index (χ4v) is 8.53. The smallest absolute Gasteiger partial charge is 0.261 e. The Morgan fingerprint density at radius 1 is 1.12 bits per heavy atom. The van der Waals surface area contributed by atoms with Gasteiger partial charge in [-0.3, -0.25) is 40.1 Å². The van der Waals surface area contributed by atoms with Crippen LogP contribution in [0.5, 0.6) is 0 Å². The fourth-order valence-electron chi connectivity index (χ4n) is 3.93. The van der Waals surface area contributed by atoms with E-state index in [4.69, 9.17) is 25.6 Å². The molecule has 40 heavy (non-hydrogen) atoms. The van der Waals surface area contributed by atoms with Gasteiger partial charge >= 0.3 is 0 Å². The second-order valence-corrected chi connectivity index (χ2v) is 13.0. The third kappa shape index (κ3) is 10.1. The molecular formula is C20H35N5O12S3. The van der Waals surface area contributed by atoms with Gasteiger partial charge in [0.25, 0.3) is 15.9 Å². The maximum absolute atomic E-state index is 13.5. The molecule has 5 N–H and O–H groups in total. The molecule has 0 aromatic carbocycles. The molecule has 230 valence electrons. The molecule has 1 aliphatic heterocycles. The highest BCUT2D eigenvalue weighted by Gasteiger charge is 2.43. The van der Waals surface area contributed by atoms with Crippen molar-refractivity contribution in [1.29, 1.82) is 0 Å². The van der Waals surface area contributed by atoms with Crippen LogP contribution >= 0.6 is 11.3 Å². The number of fused-ring (bicyclic) bond motifs is 1. The Hall–Kier alpha value is -1.50. The van der Waals surface area contributed by atoms with Gasteiger partial charge in [-0.2, -0.15) is 9.03 Å². The van der Waals surface area contributed by atoms with E-state index in [0.717, 1.165) is 11.3 Å². The zero-order valence-electron chi connectivity index (χ0n) is 22.0. The van der Waals surface area contributed by atoms with Crippen LogP contribution in [-0.2, 0) is 45.4 Å². The van der Waals surface area contributed by atoms with Crippen molar-refractivity contribution in [1.82, 2.24) is 24.7 Å². The number of nitrogens with one attached hydrogen (secondary N) is 1. The largest absolute Gasteiger partial charge is 0.587 e. The van der Waals surface area contributed by atoms with E-state index < -0.39 is 44.1 Å². The molecule has 0 spiro atoms. The Morgan fingerprint density at radius 3 is 2.33 bits per heavy atom. The van der Waals surface area contributed by atoms with Crippen molar-refractivity contribution < 1.29 is 57.8 Å². The third-order valence-corrected chi connectivity index (χ3v) is 10.6. The maximum Gasteiger partial charge on any atom is 0.261 e. The molecule has 20 heteroatoms. The van der Waals surface area contributed by atoms with Crippen molar-refractivity contribution in [3.8, 4) is 0 Å². The lowest BCUT2D eigenvalue weighted by atomic mass is 10.1. The first-order valence-corrected chi connectivity index (χ1v) is 15.6. The number of hydrogen-bond donors (Lipinski definition) is 5. The number of ether oxygens (including phenoxy) is 1. The first-order valence-electron chi connectivity index (χ1n) is 12.2. The molecule has 1 aromatic rings. The molecule has 1 unspecified atom stereocenters. The molecule has 1 aromatic heterocycles. The van der Waals surface area contributed by atoms with Gasteiger partial charge in [0.15, 0.2) is 0 Å². The van der Waals surface area contributed by atoms with E-state index in [9.17, 15) is 22.6 Å². The van der Waals surface area contributed by atoms with Crippen LogP contribution in [-0.4, -0.2) is 112 Å². The minimum Gasteiger partial charge on any atom is -0.587 e. The summed E-state index contributed by atoms with van der Waals surface area (Å²) in [5.41, 5.74) is 0.285. The Balaban J connectivity index is 2.28. The molecule has 0 saturated heterocycles. The number of rotatable bonds is 18.